The molecule has 2 rings (SSSR count). The lowest BCUT2D eigenvalue weighted by atomic mass is 10.1. The van der Waals surface area contributed by atoms with Gasteiger partial charge in [-0.2, -0.15) is 0 Å². The Labute approximate surface area is 84.3 Å². The van der Waals surface area contributed by atoms with Gasteiger partial charge in [0.2, 0.25) is 0 Å². The zero-order valence-electron chi connectivity index (χ0n) is 8.99. The second kappa shape index (κ2) is 2.71. The zero-order chi connectivity index (χ0) is 9.75. The summed E-state index contributed by atoms with van der Waals surface area (Å²) in [5.74, 6) is 0.660. The predicted octanol–water partition coefficient (Wildman–Crippen LogP) is 4.28. The van der Waals surface area contributed by atoms with E-state index in [0.717, 1.165) is 0 Å². The summed E-state index contributed by atoms with van der Waals surface area (Å²) in [5.41, 5.74) is 6.13. The molecule has 0 saturated heterocycles. The van der Waals surface area contributed by atoms with Crippen LogP contribution in [-0.4, -0.2) is 0 Å². The van der Waals surface area contributed by atoms with Crippen LogP contribution >= 0.6 is 11.3 Å². The Morgan fingerprint density at radius 1 is 1.08 bits per heavy atom. The van der Waals surface area contributed by atoms with Crippen LogP contribution in [-0.2, 0) is 0 Å². The van der Waals surface area contributed by atoms with Crippen LogP contribution < -0.4 is 0 Å². The van der Waals surface area contributed by atoms with Crippen LogP contribution in [0.5, 0.6) is 0 Å². The highest BCUT2D eigenvalue weighted by Crippen LogP contribution is 2.47. The summed E-state index contributed by atoms with van der Waals surface area (Å²) in [4.78, 5) is 3.08. The van der Waals surface area contributed by atoms with Crippen LogP contribution in [0.4, 0.5) is 0 Å². The van der Waals surface area contributed by atoms with Crippen molar-refractivity contribution in [2.75, 3.05) is 0 Å². The average molecular weight is 192 g/mol. The molecule has 1 aromatic rings. The maximum atomic E-state index is 2.32. The second-order valence-electron chi connectivity index (χ2n) is 4.05. The van der Waals surface area contributed by atoms with Crippen LogP contribution in [0.25, 0.3) is 5.57 Å². The maximum absolute atomic E-state index is 2.32. The summed E-state index contributed by atoms with van der Waals surface area (Å²) in [6, 6.07) is 0. The van der Waals surface area contributed by atoms with E-state index >= 15 is 0 Å². The van der Waals surface area contributed by atoms with E-state index in [4.69, 9.17) is 0 Å². The fourth-order valence-electron chi connectivity index (χ4n) is 2.14. The third-order valence-corrected chi connectivity index (χ3v) is 4.81. The smallest absolute Gasteiger partial charge is 0.0195 e. The van der Waals surface area contributed by atoms with Crippen molar-refractivity contribution in [2.45, 2.75) is 40.5 Å². The van der Waals surface area contributed by atoms with E-state index in [1.54, 1.807) is 16.0 Å². The average Bonchev–Trinajstić information content (AvgIpc) is 2.48. The first-order valence-electron chi connectivity index (χ1n) is 4.81. The molecule has 0 saturated carbocycles. The summed E-state index contributed by atoms with van der Waals surface area (Å²) in [7, 11) is 0. The van der Waals surface area contributed by atoms with Gasteiger partial charge in [-0.05, 0) is 44.4 Å². The quantitative estimate of drug-likeness (QED) is 0.575. The SMILES string of the molecule is CC1=C(C)C(C)c2sc(C)c(C)c21. The van der Waals surface area contributed by atoms with E-state index in [0.29, 0.717) is 5.92 Å². The largest absolute Gasteiger partial charge is 0.144 e. The number of allylic oxidation sites excluding steroid dienone is 2. The Hall–Kier alpha value is -0.560. The minimum absolute atomic E-state index is 0.660. The van der Waals surface area contributed by atoms with Gasteiger partial charge in [-0.1, -0.05) is 12.5 Å². The van der Waals surface area contributed by atoms with E-state index in [2.05, 4.69) is 34.6 Å². The highest BCUT2D eigenvalue weighted by Gasteiger charge is 2.27. The molecule has 13 heavy (non-hydrogen) atoms. The van der Waals surface area contributed by atoms with Crippen molar-refractivity contribution in [3.63, 3.8) is 0 Å². The summed E-state index contributed by atoms with van der Waals surface area (Å²) in [5, 5.41) is 0. The van der Waals surface area contributed by atoms with Gasteiger partial charge in [-0.25, -0.2) is 0 Å². The van der Waals surface area contributed by atoms with Crippen molar-refractivity contribution >= 4 is 16.9 Å². The molecule has 1 unspecified atom stereocenters. The maximum Gasteiger partial charge on any atom is 0.0195 e. The molecule has 1 aromatic heterocycles. The normalized spacial score (nSPS) is 21.2. The van der Waals surface area contributed by atoms with Gasteiger partial charge in [0, 0.05) is 15.7 Å². The van der Waals surface area contributed by atoms with Crippen molar-refractivity contribution in [3.05, 3.63) is 26.5 Å². The van der Waals surface area contributed by atoms with Gasteiger partial charge in [-0.3, -0.25) is 0 Å². The third-order valence-electron chi connectivity index (χ3n) is 3.42. The monoisotopic (exact) mass is 192 g/mol. The minimum Gasteiger partial charge on any atom is -0.144 e. The Morgan fingerprint density at radius 3 is 2.23 bits per heavy atom. The van der Waals surface area contributed by atoms with E-state index in [1.807, 2.05) is 11.3 Å². The number of fused-ring (bicyclic) bond motifs is 1. The molecule has 1 heteroatoms. The molecule has 0 fully saturated rings. The highest BCUT2D eigenvalue weighted by atomic mass is 32.1. The van der Waals surface area contributed by atoms with Crippen LogP contribution in [0.2, 0.25) is 0 Å². The molecule has 70 valence electrons. The first-order chi connectivity index (χ1) is 6.04. The number of aryl methyl sites for hydroxylation is 1. The van der Waals surface area contributed by atoms with Gasteiger partial charge in [0.15, 0.2) is 0 Å². The molecule has 1 aliphatic carbocycles. The molecule has 0 aromatic carbocycles. The molecule has 0 bridgehead atoms. The van der Waals surface area contributed by atoms with Crippen molar-refractivity contribution in [2.24, 2.45) is 0 Å². The van der Waals surface area contributed by atoms with Crippen molar-refractivity contribution in [3.8, 4) is 0 Å². The molecular weight excluding hydrogens is 176 g/mol. The van der Waals surface area contributed by atoms with Crippen LogP contribution in [0, 0.1) is 13.8 Å². The molecule has 1 heterocycles. The van der Waals surface area contributed by atoms with Crippen LogP contribution in [0.3, 0.4) is 0 Å². The Morgan fingerprint density at radius 2 is 1.69 bits per heavy atom. The summed E-state index contributed by atoms with van der Waals surface area (Å²) >= 11 is 1.98. The topological polar surface area (TPSA) is 0 Å². The zero-order valence-corrected chi connectivity index (χ0v) is 9.80. The Balaban J connectivity index is 2.71. The first-order valence-corrected chi connectivity index (χ1v) is 5.63. The fourth-order valence-corrected chi connectivity index (χ4v) is 3.49. The molecule has 0 spiro atoms. The minimum atomic E-state index is 0.660. The first kappa shape index (κ1) is 9.01. The molecule has 0 radical (unpaired) electrons. The number of hydrogen-bond acceptors (Lipinski definition) is 1. The van der Waals surface area contributed by atoms with Crippen LogP contribution in [0.1, 0.15) is 47.6 Å². The van der Waals surface area contributed by atoms with E-state index < -0.39 is 0 Å². The highest BCUT2D eigenvalue weighted by molar-refractivity contribution is 7.12. The van der Waals surface area contributed by atoms with Gasteiger partial charge in [0.05, 0.1) is 0 Å². The fraction of sp³-hybridized carbons (Fsp3) is 0.500. The Bertz CT molecular complexity index is 394. The lowest BCUT2D eigenvalue weighted by Gasteiger charge is -2.03. The second-order valence-corrected chi connectivity index (χ2v) is 5.31. The molecule has 1 aliphatic rings. The summed E-state index contributed by atoms with van der Waals surface area (Å²) < 4.78 is 0. The third kappa shape index (κ3) is 1.03. The molecule has 0 N–H and O–H groups in total. The summed E-state index contributed by atoms with van der Waals surface area (Å²) in [6.45, 7) is 11.3. The molecule has 1 atom stereocenters. The Kier molecular flexibility index (Phi) is 1.88. The van der Waals surface area contributed by atoms with Gasteiger partial charge < -0.3 is 0 Å². The predicted molar refractivity (Wildman–Crippen MR) is 60.5 cm³/mol. The van der Waals surface area contributed by atoms with Crippen molar-refractivity contribution in [1.29, 1.82) is 0 Å². The van der Waals surface area contributed by atoms with Gasteiger partial charge in [0.1, 0.15) is 0 Å². The summed E-state index contributed by atoms with van der Waals surface area (Å²) in [6.07, 6.45) is 0. The molecular formula is C12H16S. The van der Waals surface area contributed by atoms with Gasteiger partial charge in [0.25, 0.3) is 0 Å². The molecule has 0 amide bonds. The van der Waals surface area contributed by atoms with Crippen molar-refractivity contribution in [1.82, 2.24) is 0 Å². The van der Waals surface area contributed by atoms with Crippen molar-refractivity contribution < 1.29 is 0 Å². The number of thiophene rings is 1. The van der Waals surface area contributed by atoms with E-state index in [9.17, 15) is 0 Å². The number of rotatable bonds is 0. The molecule has 0 aliphatic heterocycles. The van der Waals surface area contributed by atoms with E-state index in [-0.39, 0.29) is 0 Å². The number of hydrogen-bond donors (Lipinski definition) is 0. The lowest BCUT2D eigenvalue weighted by molar-refractivity contribution is 0.941. The standard InChI is InChI=1S/C12H16S/c1-6-7(2)11-9(4)10(5)13-12(11)8(6)3/h8H,1-5H3. The van der Waals surface area contributed by atoms with Gasteiger partial charge >= 0.3 is 0 Å². The van der Waals surface area contributed by atoms with Crippen LogP contribution in [0.15, 0.2) is 5.57 Å². The molecule has 0 nitrogen and oxygen atoms in total. The van der Waals surface area contributed by atoms with Gasteiger partial charge in [-0.15, -0.1) is 11.3 Å². The van der Waals surface area contributed by atoms with E-state index in [1.165, 1.54) is 16.0 Å². The lowest BCUT2D eigenvalue weighted by Crippen LogP contribution is -1.85.